The number of nitrogen functional groups attached to an aromatic ring is 1. The van der Waals surface area contributed by atoms with Crippen LogP contribution in [0.4, 0.5) is 5.82 Å². The lowest BCUT2D eigenvalue weighted by atomic mass is 9.81. The molecular formula is C15H22ClN3O. The van der Waals surface area contributed by atoms with E-state index in [0.29, 0.717) is 23.3 Å². The predicted octanol–water partition coefficient (Wildman–Crippen LogP) is 3.26. The molecule has 3 N–H and O–H groups in total. The van der Waals surface area contributed by atoms with E-state index in [1.54, 1.807) is 12.1 Å². The van der Waals surface area contributed by atoms with Crippen LogP contribution in [0.1, 0.15) is 49.5 Å². The zero-order valence-corrected chi connectivity index (χ0v) is 12.6. The molecule has 0 atom stereocenters. The van der Waals surface area contributed by atoms with Gasteiger partial charge in [0.05, 0.1) is 5.02 Å². The van der Waals surface area contributed by atoms with Gasteiger partial charge in [0.2, 0.25) is 0 Å². The van der Waals surface area contributed by atoms with Crippen LogP contribution in [0, 0.1) is 11.8 Å². The van der Waals surface area contributed by atoms with Crippen LogP contribution in [0.15, 0.2) is 12.1 Å². The summed E-state index contributed by atoms with van der Waals surface area (Å²) in [6.45, 7) is 2.95. The largest absolute Gasteiger partial charge is 0.384 e. The fraction of sp³-hybridized carbons (Fsp3) is 0.600. The van der Waals surface area contributed by atoms with E-state index < -0.39 is 0 Å². The third-order valence-electron chi connectivity index (χ3n) is 4.18. The molecule has 1 saturated carbocycles. The number of hydrogen-bond donors (Lipinski definition) is 2. The van der Waals surface area contributed by atoms with E-state index in [9.17, 15) is 4.79 Å². The van der Waals surface area contributed by atoms with Gasteiger partial charge in [-0.1, -0.05) is 37.8 Å². The molecule has 1 aromatic rings. The molecular weight excluding hydrogens is 274 g/mol. The molecule has 20 heavy (non-hydrogen) atoms. The summed E-state index contributed by atoms with van der Waals surface area (Å²) >= 11 is 5.97. The summed E-state index contributed by atoms with van der Waals surface area (Å²) < 4.78 is 0. The SMILES string of the molecule is CCC1CCC(CNC(=O)c2nc(N)ccc2Cl)CC1. The molecule has 0 aromatic carbocycles. The van der Waals surface area contributed by atoms with Gasteiger partial charge in [-0.2, -0.15) is 0 Å². The van der Waals surface area contributed by atoms with Crippen molar-refractivity contribution in [1.82, 2.24) is 10.3 Å². The molecule has 110 valence electrons. The highest BCUT2D eigenvalue weighted by atomic mass is 35.5. The molecule has 4 nitrogen and oxygen atoms in total. The Hall–Kier alpha value is -1.29. The van der Waals surface area contributed by atoms with Gasteiger partial charge >= 0.3 is 0 Å². The van der Waals surface area contributed by atoms with Crippen molar-refractivity contribution in [3.05, 3.63) is 22.8 Å². The van der Waals surface area contributed by atoms with Crippen molar-refractivity contribution in [2.45, 2.75) is 39.0 Å². The molecule has 0 aliphatic heterocycles. The summed E-state index contributed by atoms with van der Waals surface area (Å²) in [6, 6.07) is 3.19. The average molecular weight is 296 g/mol. The number of carbonyl (C=O) groups is 1. The smallest absolute Gasteiger partial charge is 0.271 e. The number of nitrogens with zero attached hydrogens (tertiary/aromatic N) is 1. The summed E-state index contributed by atoms with van der Waals surface area (Å²) in [7, 11) is 0. The van der Waals surface area contributed by atoms with Gasteiger partial charge in [0.25, 0.3) is 5.91 Å². The van der Waals surface area contributed by atoms with Crippen LogP contribution in [0.5, 0.6) is 0 Å². The number of pyridine rings is 1. The number of nitrogens with one attached hydrogen (secondary N) is 1. The van der Waals surface area contributed by atoms with Gasteiger partial charge in [-0.3, -0.25) is 4.79 Å². The molecule has 1 fully saturated rings. The van der Waals surface area contributed by atoms with Crippen LogP contribution in [0.25, 0.3) is 0 Å². The maximum Gasteiger partial charge on any atom is 0.271 e. The fourth-order valence-electron chi connectivity index (χ4n) is 2.78. The van der Waals surface area contributed by atoms with Crippen LogP contribution < -0.4 is 11.1 Å². The lowest BCUT2D eigenvalue weighted by Gasteiger charge is -2.27. The van der Waals surface area contributed by atoms with E-state index in [0.717, 1.165) is 5.92 Å². The van der Waals surface area contributed by atoms with Crippen LogP contribution in [-0.4, -0.2) is 17.4 Å². The second-order valence-electron chi connectivity index (χ2n) is 5.57. The van der Waals surface area contributed by atoms with Gasteiger partial charge in [-0.25, -0.2) is 4.98 Å². The molecule has 0 saturated heterocycles. The first-order chi connectivity index (χ1) is 9.60. The zero-order chi connectivity index (χ0) is 14.5. The Morgan fingerprint density at radius 3 is 2.65 bits per heavy atom. The quantitative estimate of drug-likeness (QED) is 0.896. The Morgan fingerprint density at radius 1 is 1.35 bits per heavy atom. The van der Waals surface area contributed by atoms with Gasteiger partial charge in [-0.15, -0.1) is 0 Å². The normalized spacial score (nSPS) is 22.5. The Balaban J connectivity index is 1.85. The lowest BCUT2D eigenvalue weighted by Crippen LogP contribution is -2.32. The Labute approximate surface area is 125 Å². The van der Waals surface area contributed by atoms with Gasteiger partial charge in [0, 0.05) is 6.54 Å². The predicted molar refractivity (Wildman–Crippen MR) is 81.7 cm³/mol. The van der Waals surface area contributed by atoms with Crippen molar-refractivity contribution in [2.24, 2.45) is 11.8 Å². The number of aromatic nitrogens is 1. The molecule has 1 heterocycles. The number of nitrogens with two attached hydrogens (primary N) is 1. The number of amides is 1. The fourth-order valence-corrected chi connectivity index (χ4v) is 2.97. The van der Waals surface area contributed by atoms with Crippen LogP contribution >= 0.6 is 11.6 Å². The maximum atomic E-state index is 12.1. The van der Waals surface area contributed by atoms with Gasteiger partial charge in [-0.05, 0) is 36.8 Å². The molecule has 1 amide bonds. The Morgan fingerprint density at radius 2 is 2.00 bits per heavy atom. The number of hydrogen-bond acceptors (Lipinski definition) is 3. The van der Waals surface area contributed by atoms with Crippen LogP contribution in [0.3, 0.4) is 0 Å². The first kappa shape index (κ1) is 15.1. The number of halogens is 1. The highest BCUT2D eigenvalue weighted by Gasteiger charge is 2.21. The molecule has 2 rings (SSSR count). The first-order valence-electron chi connectivity index (χ1n) is 7.30. The Bertz CT molecular complexity index is 470. The van der Waals surface area contributed by atoms with E-state index in [1.807, 2.05) is 0 Å². The first-order valence-corrected chi connectivity index (χ1v) is 7.68. The molecule has 1 aliphatic carbocycles. The average Bonchev–Trinajstić information content (AvgIpc) is 2.47. The highest BCUT2D eigenvalue weighted by Crippen LogP contribution is 2.30. The number of carbonyl (C=O) groups excluding carboxylic acids is 1. The van der Waals surface area contributed by atoms with E-state index in [2.05, 4.69) is 17.2 Å². The number of rotatable bonds is 4. The van der Waals surface area contributed by atoms with Crippen molar-refractivity contribution < 1.29 is 4.79 Å². The van der Waals surface area contributed by atoms with E-state index in [1.165, 1.54) is 32.1 Å². The van der Waals surface area contributed by atoms with Crippen molar-refractivity contribution in [3.63, 3.8) is 0 Å². The van der Waals surface area contributed by atoms with E-state index in [-0.39, 0.29) is 11.6 Å². The standard InChI is InChI=1S/C15H22ClN3O/c1-2-10-3-5-11(6-4-10)9-18-15(20)14-12(16)7-8-13(17)19-14/h7-8,10-11H,2-6,9H2,1H3,(H2,17,19)(H,18,20). The molecule has 0 spiro atoms. The summed E-state index contributed by atoms with van der Waals surface area (Å²) in [5, 5.41) is 3.27. The van der Waals surface area contributed by atoms with Crippen LogP contribution in [0.2, 0.25) is 5.02 Å². The third-order valence-corrected chi connectivity index (χ3v) is 4.48. The minimum Gasteiger partial charge on any atom is -0.384 e. The zero-order valence-electron chi connectivity index (χ0n) is 11.9. The van der Waals surface area contributed by atoms with E-state index >= 15 is 0 Å². The molecule has 1 aliphatic rings. The lowest BCUT2D eigenvalue weighted by molar-refractivity contribution is 0.0936. The van der Waals surface area contributed by atoms with Crippen molar-refractivity contribution in [2.75, 3.05) is 12.3 Å². The molecule has 1 aromatic heterocycles. The van der Waals surface area contributed by atoms with Gasteiger partial charge < -0.3 is 11.1 Å². The summed E-state index contributed by atoms with van der Waals surface area (Å²) in [4.78, 5) is 16.1. The van der Waals surface area contributed by atoms with Gasteiger partial charge in [0.15, 0.2) is 0 Å². The Kier molecular flexibility index (Phi) is 5.24. The second kappa shape index (κ2) is 6.93. The molecule has 5 heteroatoms. The number of anilines is 1. The molecule has 0 bridgehead atoms. The summed E-state index contributed by atoms with van der Waals surface area (Å²) in [5.74, 6) is 1.51. The summed E-state index contributed by atoms with van der Waals surface area (Å²) in [6.07, 6.45) is 6.19. The van der Waals surface area contributed by atoms with Crippen molar-refractivity contribution >= 4 is 23.3 Å². The van der Waals surface area contributed by atoms with Crippen molar-refractivity contribution in [3.8, 4) is 0 Å². The van der Waals surface area contributed by atoms with Gasteiger partial charge in [0.1, 0.15) is 11.5 Å². The minimum absolute atomic E-state index is 0.217. The minimum atomic E-state index is -0.236. The maximum absolute atomic E-state index is 12.1. The summed E-state index contributed by atoms with van der Waals surface area (Å²) in [5.41, 5.74) is 5.80. The highest BCUT2D eigenvalue weighted by molar-refractivity contribution is 6.33. The van der Waals surface area contributed by atoms with Crippen LogP contribution in [-0.2, 0) is 0 Å². The third kappa shape index (κ3) is 3.85. The topological polar surface area (TPSA) is 68.0 Å². The monoisotopic (exact) mass is 295 g/mol. The second-order valence-corrected chi connectivity index (χ2v) is 5.98. The molecule has 0 unspecified atom stereocenters. The molecule has 0 radical (unpaired) electrons. The van der Waals surface area contributed by atoms with Crippen molar-refractivity contribution in [1.29, 1.82) is 0 Å². The van der Waals surface area contributed by atoms with E-state index in [4.69, 9.17) is 17.3 Å².